The molecule has 1 amide bonds. The summed E-state index contributed by atoms with van der Waals surface area (Å²) in [7, 11) is 0. The molecule has 0 aliphatic carbocycles. The molecule has 1 N–H and O–H groups in total. The van der Waals surface area contributed by atoms with E-state index in [1.807, 2.05) is 19.1 Å². The number of aryl methyl sites for hydroxylation is 1. The molecular formula is C18H14FNO3. The van der Waals surface area contributed by atoms with Gasteiger partial charge in [-0.25, -0.2) is 4.39 Å². The number of halogens is 1. The van der Waals surface area contributed by atoms with Crippen LogP contribution in [0.3, 0.4) is 0 Å². The van der Waals surface area contributed by atoms with E-state index in [1.165, 1.54) is 6.07 Å². The van der Waals surface area contributed by atoms with Crippen LogP contribution in [0.4, 0.5) is 10.1 Å². The molecule has 0 fully saturated rings. The highest BCUT2D eigenvalue weighted by molar-refractivity contribution is 6.10. The smallest absolute Gasteiger partial charge is 0.243 e. The summed E-state index contributed by atoms with van der Waals surface area (Å²) in [4.78, 5) is 12.8. The van der Waals surface area contributed by atoms with Crippen LogP contribution >= 0.6 is 0 Å². The molecule has 1 spiro atoms. The molecule has 0 aromatic heterocycles. The van der Waals surface area contributed by atoms with Gasteiger partial charge in [-0.1, -0.05) is 6.07 Å². The highest BCUT2D eigenvalue weighted by Gasteiger charge is 2.56. The Morgan fingerprint density at radius 2 is 2.09 bits per heavy atom. The van der Waals surface area contributed by atoms with Crippen molar-refractivity contribution in [1.82, 2.24) is 0 Å². The van der Waals surface area contributed by atoms with Crippen molar-refractivity contribution >= 4 is 11.6 Å². The normalized spacial score (nSPS) is 23.1. The number of nitrogens with one attached hydrogen (secondary N) is 1. The monoisotopic (exact) mass is 311 g/mol. The number of amides is 1. The molecule has 0 saturated carbocycles. The number of carbonyl (C=O) groups is 1. The highest BCUT2D eigenvalue weighted by Crippen LogP contribution is 2.53. The van der Waals surface area contributed by atoms with Crippen LogP contribution in [0.25, 0.3) is 0 Å². The van der Waals surface area contributed by atoms with E-state index in [4.69, 9.17) is 9.47 Å². The number of carbonyl (C=O) groups excluding carboxylic acids is 1. The first-order valence-corrected chi connectivity index (χ1v) is 7.65. The Morgan fingerprint density at radius 1 is 1.22 bits per heavy atom. The second kappa shape index (κ2) is 4.04. The lowest BCUT2D eigenvalue weighted by molar-refractivity contribution is -0.119. The van der Waals surface area contributed by atoms with E-state index >= 15 is 0 Å². The average molecular weight is 311 g/mol. The van der Waals surface area contributed by atoms with Crippen LogP contribution in [-0.2, 0) is 16.6 Å². The third-order valence-electron chi connectivity index (χ3n) is 5.11. The fourth-order valence-corrected chi connectivity index (χ4v) is 3.91. The van der Waals surface area contributed by atoms with Crippen molar-refractivity contribution < 1.29 is 18.7 Å². The summed E-state index contributed by atoms with van der Waals surface area (Å²) in [6.45, 7) is 2.61. The van der Waals surface area contributed by atoms with Gasteiger partial charge in [0.05, 0.1) is 12.3 Å². The predicted molar refractivity (Wildman–Crippen MR) is 81.7 cm³/mol. The molecule has 2 aromatic rings. The van der Waals surface area contributed by atoms with Gasteiger partial charge in [-0.15, -0.1) is 0 Å². The molecule has 4 nitrogen and oxygen atoms in total. The molecule has 23 heavy (non-hydrogen) atoms. The van der Waals surface area contributed by atoms with E-state index in [9.17, 15) is 9.18 Å². The average Bonchev–Trinajstić information content (AvgIpc) is 3.20. The third kappa shape index (κ3) is 1.42. The molecule has 5 rings (SSSR count). The standard InChI is InChI=1S/C18H14FNO3/c1-9-2-3-12(19)15-16(9)20-17(21)18(15)8-23-14-7-13-10(4-5-22-13)6-11(14)18/h2-3,6-7H,4-5,8H2,1H3,(H,20,21). The predicted octanol–water partition coefficient (Wildman–Crippen LogP) is 2.70. The topological polar surface area (TPSA) is 47.6 Å². The SMILES string of the molecule is Cc1ccc(F)c2c1NC(=O)C21COc2cc3c(cc21)CCO3. The van der Waals surface area contributed by atoms with Crippen molar-refractivity contribution in [3.05, 3.63) is 52.3 Å². The summed E-state index contributed by atoms with van der Waals surface area (Å²) in [6.07, 6.45) is 0.795. The van der Waals surface area contributed by atoms with Crippen molar-refractivity contribution in [3.63, 3.8) is 0 Å². The van der Waals surface area contributed by atoms with E-state index in [-0.39, 0.29) is 18.3 Å². The number of hydrogen-bond acceptors (Lipinski definition) is 3. The molecule has 1 unspecified atom stereocenters. The Kier molecular flexibility index (Phi) is 2.27. The van der Waals surface area contributed by atoms with Crippen molar-refractivity contribution in [2.24, 2.45) is 0 Å². The largest absolute Gasteiger partial charge is 0.493 e. The number of anilines is 1. The Morgan fingerprint density at radius 3 is 2.96 bits per heavy atom. The minimum Gasteiger partial charge on any atom is -0.493 e. The summed E-state index contributed by atoms with van der Waals surface area (Å²) < 4.78 is 26.0. The number of ether oxygens (including phenoxy) is 2. The molecule has 0 radical (unpaired) electrons. The number of benzene rings is 2. The van der Waals surface area contributed by atoms with Crippen molar-refractivity contribution in [3.8, 4) is 11.5 Å². The molecule has 1 atom stereocenters. The second-order valence-corrected chi connectivity index (χ2v) is 6.32. The molecular weight excluding hydrogens is 297 g/mol. The van der Waals surface area contributed by atoms with E-state index in [0.29, 0.717) is 23.6 Å². The molecule has 2 aromatic carbocycles. The highest BCUT2D eigenvalue weighted by atomic mass is 19.1. The number of rotatable bonds is 0. The van der Waals surface area contributed by atoms with Crippen LogP contribution in [0.2, 0.25) is 0 Å². The maximum atomic E-state index is 14.6. The summed E-state index contributed by atoms with van der Waals surface area (Å²) in [5.41, 5.74) is 2.51. The van der Waals surface area contributed by atoms with Crippen LogP contribution < -0.4 is 14.8 Å². The summed E-state index contributed by atoms with van der Waals surface area (Å²) in [6, 6.07) is 6.87. The zero-order chi connectivity index (χ0) is 15.8. The minimum atomic E-state index is -1.10. The van der Waals surface area contributed by atoms with Gasteiger partial charge in [0.2, 0.25) is 5.91 Å². The Hall–Kier alpha value is -2.56. The molecule has 0 saturated heterocycles. The second-order valence-electron chi connectivity index (χ2n) is 6.32. The Labute approximate surface area is 132 Å². The summed E-state index contributed by atoms with van der Waals surface area (Å²) in [5.74, 6) is 0.800. The van der Waals surface area contributed by atoms with Crippen molar-refractivity contribution in [2.45, 2.75) is 18.8 Å². The van der Waals surface area contributed by atoms with Gasteiger partial charge in [-0.2, -0.15) is 0 Å². The van der Waals surface area contributed by atoms with Gasteiger partial charge >= 0.3 is 0 Å². The van der Waals surface area contributed by atoms with Crippen LogP contribution in [0.15, 0.2) is 24.3 Å². The van der Waals surface area contributed by atoms with Crippen molar-refractivity contribution in [2.75, 3.05) is 18.5 Å². The molecule has 3 aliphatic heterocycles. The zero-order valence-corrected chi connectivity index (χ0v) is 12.5. The fourth-order valence-electron chi connectivity index (χ4n) is 3.91. The number of hydrogen-bond donors (Lipinski definition) is 1. The molecule has 5 heteroatoms. The third-order valence-corrected chi connectivity index (χ3v) is 5.11. The number of fused-ring (bicyclic) bond motifs is 5. The van der Waals surface area contributed by atoms with Gasteiger partial charge < -0.3 is 14.8 Å². The first-order chi connectivity index (χ1) is 11.1. The first kappa shape index (κ1) is 12.9. The summed E-state index contributed by atoms with van der Waals surface area (Å²) >= 11 is 0. The van der Waals surface area contributed by atoms with Gasteiger partial charge in [0.25, 0.3) is 0 Å². The lowest BCUT2D eigenvalue weighted by atomic mass is 9.76. The fraction of sp³-hybridized carbons (Fsp3) is 0.278. The van der Waals surface area contributed by atoms with Crippen LogP contribution in [0.5, 0.6) is 11.5 Å². The molecule has 3 aliphatic rings. The lowest BCUT2D eigenvalue weighted by Gasteiger charge is -2.21. The van der Waals surface area contributed by atoms with Crippen LogP contribution in [0.1, 0.15) is 22.3 Å². The van der Waals surface area contributed by atoms with E-state index in [0.717, 1.165) is 28.9 Å². The van der Waals surface area contributed by atoms with Crippen molar-refractivity contribution in [1.29, 1.82) is 0 Å². The van der Waals surface area contributed by atoms with Gasteiger partial charge in [-0.3, -0.25) is 4.79 Å². The van der Waals surface area contributed by atoms with E-state index < -0.39 is 5.41 Å². The van der Waals surface area contributed by atoms with E-state index in [2.05, 4.69) is 5.32 Å². The molecule has 3 heterocycles. The first-order valence-electron chi connectivity index (χ1n) is 7.65. The van der Waals surface area contributed by atoms with E-state index in [1.54, 1.807) is 6.07 Å². The maximum Gasteiger partial charge on any atom is 0.243 e. The van der Waals surface area contributed by atoms with Gasteiger partial charge in [0.15, 0.2) is 0 Å². The van der Waals surface area contributed by atoms with Crippen LogP contribution in [-0.4, -0.2) is 19.1 Å². The molecule has 0 bridgehead atoms. The quantitative estimate of drug-likeness (QED) is 0.814. The lowest BCUT2D eigenvalue weighted by Crippen LogP contribution is -2.37. The zero-order valence-electron chi connectivity index (χ0n) is 12.5. The summed E-state index contributed by atoms with van der Waals surface area (Å²) in [5, 5.41) is 2.86. The Bertz CT molecular complexity index is 892. The molecule has 116 valence electrons. The van der Waals surface area contributed by atoms with Crippen LogP contribution in [0, 0.1) is 12.7 Å². The Balaban J connectivity index is 1.82. The van der Waals surface area contributed by atoms with Gasteiger partial charge in [0.1, 0.15) is 29.3 Å². The maximum absolute atomic E-state index is 14.6. The van der Waals surface area contributed by atoms with Gasteiger partial charge in [-0.05, 0) is 30.2 Å². The minimum absolute atomic E-state index is 0.116. The van der Waals surface area contributed by atoms with Gasteiger partial charge in [0, 0.05) is 23.6 Å².